The van der Waals surface area contributed by atoms with Gasteiger partial charge in [-0.2, -0.15) is 0 Å². The van der Waals surface area contributed by atoms with Crippen molar-refractivity contribution in [2.24, 2.45) is 46.3 Å². The molecular formula is C31H50O4. The van der Waals surface area contributed by atoms with Crippen LogP contribution in [0.3, 0.4) is 0 Å². The molecule has 0 bridgehead atoms. The largest absolute Gasteiger partial charge is 0.458 e. The van der Waals surface area contributed by atoms with Gasteiger partial charge in [0.25, 0.3) is 0 Å². The summed E-state index contributed by atoms with van der Waals surface area (Å²) < 4.78 is 11.6. The van der Waals surface area contributed by atoms with Crippen LogP contribution in [0.15, 0.2) is 11.6 Å². The molecule has 198 valence electrons. The third-order valence-corrected chi connectivity index (χ3v) is 10.9. The summed E-state index contributed by atoms with van der Waals surface area (Å²) >= 11 is 0. The fourth-order valence-corrected chi connectivity index (χ4v) is 9.36. The van der Waals surface area contributed by atoms with Crippen molar-refractivity contribution in [2.75, 3.05) is 0 Å². The minimum Gasteiger partial charge on any atom is -0.458 e. The standard InChI is InChI=1S/C31H50O4/c1-19(2)9-8-10-20(3)25-11-12-26-24-18-29(35-22(5)33)28-17-23(34-21(4)32)13-15-31(28,7)27(24)14-16-30(25,26)6/h17,19-20,23-27,29H,8-16,18H2,1-7H3/t20-,23+,24+,25-,26+,27+,29+,30-,31-/m1/s1. The average molecular weight is 487 g/mol. The first-order chi connectivity index (χ1) is 16.5. The van der Waals surface area contributed by atoms with Crippen LogP contribution in [0.1, 0.15) is 113 Å². The van der Waals surface area contributed by atoms with E-state index in [9.17, 15) is 9.59 Å². The van der Waals surface area contributed by atoms with Gasteiger partial charge in [0, 0.05) is 13.8 Å². The molecule has 0 aromatic heterocycles. The Morgan fingerprint density at radius 2 is 1.66 bits per heavy atom. The van der Waals surface area contributed by atoms with Crippen LogP contribution >= 0.6 is 0 Å². The Hall–Kier alpha value is -1.32. The first-order valence-corrected chi connectivity index (χ1v) is 14.5. The summed E-state index contributed by atoms with van der Waals surface area (Å²) in [6, 6.07) is 0. The Labute approximate surface area is 214 Å². The highest BCUT2D eigenvalue weighted by Crippen LogP contribution is 2.68. The summed E-state index contributed by atoms with van der Waals surface area (Å²) in [7, 11) is 0. The van der Waals surface area contributed by atoms with Gasteiger partial charge in [-0.15, -0.1) is 0 Å². The average Bonchev–Trinajstić information content (AvgIpc) is 3.11. The van der Waals surface area contributed by atoms with Crippen molar-refractivity contribution in [3.63, 3.8) is 0 Å². The number of fused-ring (bicyclic) bond motifs is 5. The molecule has 0 aliphatic heterocycles. The lowest BCUT2D eigenvalue weighted by atomic mass is 9.46. The summed E-state index contributed by atoms with van der Waals surface area (Å²) in [6.07, 6.45) is 13.9. The first-order valence-electron chi connectivity index (χ1n) is 14.5. The molecule has 0 unspecified atom stereocenters. The summed E-state index contributed by atoms with van der Waals surface area (Å²) in [4.78, 5) is 23.8. The van der Waals surface area contributed by atoms with Gasteiger partial charge in [0.05, 0.1) is 0 Å². The van der Waals surface area contributed by atoms with Gasteiger partial charge in [-0.1, -0.05) is 53.9 Å². The summed E-state index contributed by atoms with van der Waals surface area (Å²) in [6.45, 7) is 15.2. The van der Waals surface area contributed by atoms with E-state index < -0.39 is 0 Å². The van der Waals surface area contributed by atoms with Gasteiger partial charge in [-0.25, -0.2) is 0 Å². The third-order valence-electron chi connectivity index (χ3n) is 10.9. The van der Waals surface area contributed by atoms with Crippen LogP contribution in [0, 0.1) is 46.3 Å². The van der Waals surface area contributed by atoms with E-state index in [1.54, 1.807) is 0 Å². The van der Waals surface area contributed by atoms with E-state index in [-0.39, 0.29) is 29.6 Å². The Morgan fingerprint density at radius 3 is 2.31 bits per heavy atom. The van der Waals surface area contributed by atoms with Gasteiger partial charge in [0.15, 0.2) is 0 Å². The van der Waals surface area contributed by atoms with E-state index >= 15 is 0 Å². The normalized spacial score (nSPS) is 41.3. The van der Waals surface area contributed by atoms with Gasteiger partial charge in [0.2, 0.25) is 0 Å². The summed E-state index contributed by atoms with van der Waals surface area (Å²) in [5.74, 6) is 3.93. The maximum absolute atomic E-state index is 12.2. The Kier molecular flexibility index (Phi) is 7.80. The molecular weight excluding hydrogens is 436 g/mol. The van der Waals surface area contributed by atoms with Crippen molar-refractivity contribution in [1.29, 1.82) is 0 Å². The van der Waals surface area contributed by atoms with Crippen LogP contribution < -0.4 is 0 Å². The van der Waals surface area contributed by atoms with Crippen LogP contribution in [0.5, 0.6) is 0 Å². The van der Waals surface area contributed by atoms with E-state index in [1.165, 1.54) is 64.4 Å². The molecule has 4 aliphatic carbocycles. The molecule has 0 spiro atoms. The molecule has 0 N–H and O–H groups in total. The maximum atomic E-state index is 12.2. The number of ether oxygens (including phenoxy) is 2. The van der Waals surface area contributed by atoms with Crippen LogP contribution in [0.25, 0.3) is 0 Å². The van der Waals surface area contributed by atoms with Gasteiger partial charge in [-0.05, 0) is 103 Å². The molecule has 35 heavy (non-hydrogen) atoms. The zero-order valence-corrected chi connectivity index (χ0v) is 23.4. The molecule has 0 radical (unpaired) electrons. The van der Waals surface area contributed by atoms with E-state index in [2.05, 4.69) is 40.7 Å². The first kappa shape index (κ1) is 26.7. The van der Waals surface area contributed by atoms with Crippen LogP contribution in [0.2, 0.25) is 0 Å². The number of hydrogen-bond donors (Lipinski definition) is 0. The molecule has 4 aliphatic rings. The van der Waals surface area contributed by atoms with Crippen LogP contribution in [-0.4, -0.2) is 24.1 Å². The second kappa shape index (κ2) is 10.2. The fraction of sp³-hybridized carbons (Fsp3) is 0.871. The van der Waals surface area contributed by atoms with Crippen molar-refractivity contribution >= 4 is 11.9 Å². The van der Waals surface area contributed by atoms with Crippen molar-refractivity contribution in [3.05, 3.63) is 11.6 Å². The van der Waals surface area contributed by atoms with E-state index in [0.717, 1.165) is 42.9 Å². The predicted molar refractivity (Wildman–Crippen MR) is 140 cm³/mol. The van der Waals surface area contributed by atoms with Crippen molar-refractivity contribution in [3.8, 4) is 0 Å². The predicted octanol–water partition coefficient (Wildman–Crippen LogP) is 7.50. The minimum absolute atomic E-state index is 0.0297. The molecule has 0 amide bonds. The van der Waals surface area contributed by atoms with Crippen molar-refractivity contribution in [1.82, 2.24) is 0 Å². The summed E-state index contributed by atoms with van der Waals surface area (Å²) in [5.41, 5.74) is 1.67. The molecule has 0 aromatic rings. The molecule has 3 saturated carbocycles. The van der Waals surface area contributed by atoms with Gasteiger partial charge < -0.3 is 9.47 Å². The number of esters is 2. The minimum atomic E-state index is -0.235. The maximum Gasteiger partial charge on any atom is 0.303 e. The van der Waals surface area contributed by atoms with E-state index in [0.29, 0.717) is 17.3 Å². The van der Waals surface area contributed by atoms with Crippen molar-refractivity contribution in [2.45, 2.75) is 125 Å². The molecule has 4 nitrogen and oxygen atoms in total. The van der Waals surface area contributed by atoms with E-state index in [1.807, 2.05) is 0 Å². The Bertz CT molecular complexity index is 830. The summed E-state index contributed by atoms with van der Waals surface area (Å²) in [5, 5.41) is 0. The molecule has 0 aromatic carbocycles. The molecule has 0 heterocycles. The van der Waals surface area contributed by atoms with Crippen molar-refractivity contribution < 1.29 is 19.1 Å². The quantitative estimate of drug-likeness (QED) is 0.276. The van der Waals surface area contributed by atoms with Gasteiger partial charge in [0.1, 0.15) is 12.2 Å². The second-order valence-corrected chi connectivity index (χ2v) is 13.5. The molecule has 0 saturated heterocycles. The second-order valence-electron chi connectivity index (χ2n) is 13.5. The Morgan fingerprint density at radius 1 is 0.943 bits per heavy atom. The molecule has 4 rings (SSSR count). The molecule has 3 fully saturated rings. The van der Waals surface area contributed by atoms with E-state index in [4.69, 9.17) is 9.47 Å². The fourth-order valence-electron chi connectivity index (χ4n) is 9.36. The smallest absolute Gasteiger partial charge is 0.303 e. The lowest BCUT2D eigenvalue weighted by Gasteiger charge is -2.60. The highest BCUT2D eigenvalue weighted by atomic mass is 16.5. The lowest BCUT2D eigenvalue weighted by molar-refractivity contribution is -0.155. The molecule has 4 heteroatoms. The van der Waals surface area contributed by atoms with Crippen LogP contribution in [0.4, 0.5) is 0 Å². The number of carbonyl (C=O) groups is 2. The topological polar surface area (TPSA) is 52.6 Å². The zero-order valence-electron chi connectivity index (χ0n) is 23.4. The van der Waals surface area contributed by atoms with Gasteiger partial charge >= 0.3 is 11.9 Å². The number of carbonyl (C=O) groups excluding carboxylic acids is 2. The third kappa shape index (κ3) is 5.10. The monoisotopic (exact) mass is 486 g/mol. The zero-order chi connectivity index (χ0) is 25.5. The number of rotatable bonds is 7. The van der Waals surface area contributed by atoms with Gasteiger partial charge in [-0.3, -0.25) is 9.59 Å². The highest BCUT2D eigenvalue weighted by molar-refractivity contribution is 5.67. The SMILES string of the molecule is CC(=O)O[C@@H]1C=C2[C@@H](OC(C)=O)C[C@H]3[C@@H]4CC[C@H]([C@H](C)CCCC(C)C)[C@@]4(C)CC[C@@H]3[C@@]2(C)CC1. The highest BCUT2D eigenvalue weighted by Gasteiger charge is 2.61. The van der Waals surface area contributed by atoms with Crippen LogP contribution in [-0.2, 0) is 19.1 Å². The Balaban J connectivity index is 1.58. The molecule has 9 atom stereocenters. The lowest BCUT2D eigenvalue weighted by Crippen LogP contribution is -2.55. The number of hydrogen-bond acceptors (Lipinski definition) is 4.